The molecule has 6 heteroatoms. The third-order valence-corrected chi connectivity index (χ3v) is 6.03. The van der Waals surface area contributed by atoms with Gasteiger partial charge in [-0.2, -0.15) is 0 Å². The number of hydrogen-bond acceptors (Lipinski definition) is 4. The normalized spacial score (nSPS) is 10.6. The zero-order valence-electron chi connectivity index (χ0n) is 20.7. The number of methoxy groups -OCH3 is 1. The molecule has 0 bridgehead atoms. The van der Waals surface area contributed by atoms with Gasteiger partial charge < -0.3 is 20.1 Å². The number of nitrogens with one attached hydrogen (secondary N) is 1. The van der Waals surface area contributed by atoms with Gasteiger partial charge in [-0.25, -0.2) is 0 Å². The topological polar surface area (TPSA) is 78.9 Å². The van der Waals surface area contributed by atoms with Gasteiger partial charge in [0.05, 0.1) is 18.5 Å². The number of ether oxygens (including phenoxy) is 1. The summed E-state index contributed by atoms with van der Waals surface area (Å²) < 4.78 is 5.49. The summed E-state index contributed by atoms with van der Waals surface area (Å²) in [6.45, 7) is 3.88. The van der Waals surface area contributed by atoms with Crippen molar-refractivity contribution in [3.05, 3.63) is 107 Å². The summed E-state index contributed by atoms with van der Waals surface area (Å²) in [5.74, 6) is -0.238. The second kappa shape index (κ2) is 10.4. The molecule has 2 N–H and O–H groups in total. The molecule has 0 atom stereocenters. The van der Waals surface area contributed by atoms with Crippen LogP contribution in [0.25, 0.3) is 11.1 Å². The SMILES string of the molecule is COc1cc(C(=O)N(C)c2ccc(C)cc2O)ccc1NC(=O)c1ccccc1-c1ccc(C)cc1. The van der Waals surface area contributed by atoms with E-state index in [0.29, 0.717) is 28.3 Å². The maximum atomic E-state index is 13.3. The Balaban J connectivity index is 1.59. The molecule has 6 nitrogen and oxygen atoms in total. The van der Waals surface area contributed by atoms with E-state index in [4.69, 9.17) is 4.74 Å². The molecule has 0 aliphatic carbocycles. The zero-order valence-corrected chi connectivity index (χ0v) is 20.7. The van der Waals surface area contributed by atoms with Crippen LogP contribution in [0.15, 0.2) is 84.9 Å². The van der Waals surface area contributed by atoms with Gasteiger partial charge in [0.1, 0.15) is 11.5 Å². The number of anilines is 2. The maximum absolute atomic E-state index is 13.3. The first kappa shape index (κ1) is 24.5. The molecule has 0 radical (unpaired) electrons. The third-order valence-electron chi connectivity index (χ3n) is 6.03. The summed E-state index contributed by atoms with van der Waals surface area (Å²) >= 11 is 0. The molecular weight excluding hydrogens is 452 g/mol. The quantitative estimate of drug-likeness (QED) is 0.344. The number of carbonyl (C=O) groups excluding carboxylic acids is 2. The van der Waals surface area contributed by atoms with Gasteiger partial charge in [0.15, 0.2) is 0 Å². The molecule has 36 heavy (non-hydrogen) atoms. The van der Waals surface area contributed by atoms with E-state index in [1.165, 1.54) is 12.0 Å². The summed E-state index contributed by atoms with van der Waals surface area (Å²) in [6, 6.07) is 25.4. The predicted molar refractivity (Wildman–Crippen MR) is 143 cm³/mol. The van der Waals surface area contributed by atoms with Crippen molar-refractivity contribution in [2.45, 2.75) is 13.8 Å². The van der Waals surface area contributed by atoms with E-state index in [-0.39, 0.29) is 17.6 Å². The number of aryl methyl sites for hydroxylation is 2. The van der Waals surface area contributed by atoms with Gasteiger partial charge in [-0.3, -0.25) is 9.59 Å². The Bertz CT molecular complexity index is 1430. The summed E-state index contributed by atoms with van der Waals surface area (Å²) in [5.41, 5.74) is 5.52. The summed E-state index contributed by atoms with van der Waals surface area (Å²) in [4.78, 5) is 27.7. The van der Waals surface area contributed by atoms with Crippen LogP contribution in [0.3, 0.4) is 0 Å². The van der Waals surface area contributed by atoms with E-state index in [9.17, 15) is 14.7 Å². The van der Waals surface area contributed by atoms with E-state index in [0.717, 1.165) is 22.3 Å². The predicted octanol–water partition coefficient (Wildman–Crippen LogP) is 6.21. The van der Waals surface area contributed by atoms with Crippen LogP contribution in [-0.2, 0) is 0 Å². The van der Waals surface area contributed by atoms with Gasteiger partial charge >= 0.3 is 0 Å². The lowest BCUT2D eigenvalue weighted by atomic mass is 9.98. The molecule has 4 aromatic carbocycles. The Morgan fingerprint density at radius 3 is 2.25 bits per heavy atom. The van der Waals surface area contributed by atoms with Crippen LogP contribution in [0.2, 0.25) is 0 Å². The summed E-state index contributed by atoms with van der Waals surface area (Å²) in [5, 5.41) is 13.2. The fraction of sp³-hybridized carbons (Fsp3) is 0.133. The Labute approximate surface area is 210 Å². The average molecular weight is 481 g/mol. The van der Waals surface area contributed by atoms with E-state index >= 15 is 0 Å². The number of nitrogens with zero attached hydrogens (tertiary/aromatic N) is 1. The number of amides is 2. The molecule has 182 valence electrons. The van der Waals surface area contributed by atoms with Crippen molar-refractivity contribution >= 4 is 23.2 Å². The molecule has 2 amide bonds. The molecule has 0 unspecified atom stereocenters. The molecule has 0 fully saturated rings. The lowest BCUT2D eigenvalue weighted by Crippen LogP contribution is -2.26. The summed E-state index contributed by atoms with van der Waals surface area (Å²) in [6.07, 6.45) is 0. The van der Waals surface area contributed by atoms with Gasteiger partial charge in [-0.1, -0.05) is 54.1 Å². The van der Waals surface area contributed by atoms with Crippen LogP contribution >= 0.6 is 0 Å². The number of phenolic OH excluding ortho intramolecular Hbond substituents is 1. The molecule has 4 aromatic rings. The van der Waals surface area contributed by atoms with Crippen LogP contribution < -0.4 is 15.0 Å². The molecule has 0 aliphatic rings. The van der Waals surface area contributed by atoms with E-state index in [1.807, 2.05) is 62.4 Å². The lowest BCUT2D eigenvalue weighted by Gasteiger charge is -2.20. The first-order valence-electron chi connectivity index (χ1n) is 11.5. The van der Waals surface area contributed by atoms with Gasteiger partial charge in [0, 0.05) is 18.2 Å². The van der Waals surface area contributed by atoms with Crippen LogP contribution in [0, 0.1) is 13.8 Å². The molecule has 0 saturated heterocycles. The third kappa shape index (κ3) is 5.08. The number of benzene rings is 4. The highest BCUT2D eigenvalue weighted by Gasteiger charge is 2.20. The highest BCUT2D eigenvalue weighted by molar-refractivity contribution is 6.10. The number of phenols is 1. The van der Waals surface area contributed by atoms with Crippen LogP contribution in [-0.4, -0.2) is 31.1 Å². The Kier molecular flexibility index (Phi) is 7.06. The zero-order chi connectivity index (χ0) is 25.8. The first-order valence-corrected chi connectivity index (χ1v) is 11.5. The minimum absolute atomic E-state index is 0.0222. The average Bonchev–Trinajstić information content (AvgIpc) is 2.88. The van der Waals surface area contributed by atoms with Crippen molar-refractivity contribution in [3.63, 3.8) is 0 Å². The highest BCUT2D eigenvalue weighted by atomic mass is 16.5. The number of carbonyl (C=O) groups is 2. The van der Waals surface area contributed by atoms with Crippen molar-refractivity contribution in [1.29, 1.82) is 0 Å². The van der Waals surface area contributed by atoms with Crippen LogP contribution in [0.1, 0.15) is 31.8 Å². The molecular formula is C30H28N2O4. The van der Waals surface area contributed by atoms with Crippen LogP contribution in [0.5, 0.6) is 11.5 Å². The minimum atomic E-state index is -0.324. The maximum Gasteiger partial charge on any atom is 0.258 e. The minimum Gasteiger partial charge on any atom is -0.506 e. The Morgan fingerprint density at radius 1 is 0.861 bits per heavy atom. The molecule has 4 rings (SSSR count). The van der Waals surface area contributed by atoms with Gasteiger partial charge in [-0.05, 0) is 66.9 Å². The first-order chi connectivity index (χ1) is 17.3. The van der Waals surface area contributed by atoms with E-state index < -0.39 is 0 Å². The van der Waals surface area contributed by atoms with Crippen LogP contribution in [0.4, 0.5) is 11.4 Å². The number of hydrogen-bond donors (Lipinski definition) is 2. The number of aromatic hydroxyl groups is 1. The monoisotopic (exact) mass is 480 g/mol. The smallest absolute Gasteiger partial charge is 0.258 e. The fourth-order valence-corrected chi connectivity index (χ4v) is 4.00. The number of rotatable bonds is 6. The van der Waals surface area contributed by atoms with Gasteiger partial charge in [-0.15, -0.1) is 0 Å². The molecule has 0 saturated carbocycles. The Hall–Kier alpha value is -4.58. The second-order valence-electron chi connectivity index (χ2n) is 8.64. The van der Waals surface area contributed by atoms with Crippen molar-refractivity contribution in [3.8, 4) is 22.6 Å². The van der Waals surface area contributed by atoms with Crippen molar-refractivity contribution in [2.24, 2.45) is 0 Å². The van der Waals surface area contributed by atoms with Gasteiger partial charge in [0.25, 0.3) is 11.8 Å². The largest absolute Gasteiger partial charge is 0.506 e. The van der Waals surface area contributed by atoms with Crippen molar-refractivity contribution in [1.82, 2.24) is 0 Å². The van der Waals surface area contributed by atoms with Crippen molar-refractivity contribution in [2.75, 3.05) is 24.4 Å². The van der Waals surface area contributed by atoms with Gasteiger partial charge in [0.2, 0.25) is 0 Å². The molecule has 0 spiro atoms. The van der Waals surface area contributed by atoms with E-state index in [2.05, 4.69) is 5.32 Å². The van der Waals surface area contributed by atoms with Crippen molar-refractivity contribution < 1.29 is 19.4 Å². The Morgan fingerprint density at radius 2 is 1.56 bits per heavy atom. The standard InChI is InChI=1S/C30H28N2O4/c1-19-9-12-21(13-10-19)23-7-5-6-8-24(23)29(34)31-25-15-14-22(18-28(25)36-4)30(35)32(3)26-16-11-20(2)17-27(26)33/h5-18,33H,1-4H3,(H,31,34). The fourth-order valence-electron chi connectivity index (χ4n) is 4.00. The van der Waals surface area contributed by atoms with E-state index in [1.54, 1.807) is 43.4 Å². The molecule has 0 aliphatic heterocycles. The molecule has 0 aromatic heterocycles. The highest BCUT2D eigenvalue weighted by Crippen LogP contribution is 2.32. The summed E-state index contributed by atoms with van der Waals surface area (Å²) in [7, 11) is 3.08. The lowest BCUT2D eigenvalue weighted by molar-refractivity contribution is 0.0990. The second-order valence-corrected chi connectivity index (χ2v) is 8.64. The molecule has 0 heterocycles.